The largest absolute Gasteiger partial charge is 0.354 e. The number of para-hydroxylation sites is 1. The number of rotatable bonds is 4. The number of halogens is 2. The summed E-state index contributed by atoms with van der Waals surface area (Å²) in [5.41, 5.74) is 3.31. The van der Waals surface area contributed by atoms with E-state index in [2.05, 4.69) is 15.6 Å². The van der Waals surface area contributed by atoms with E-state index in [0.29, 0.717) is 17.1 Å². The van der Waals surface area contributed by atoms with Crippen LogP contribution in [-0.2, 0) is 0 Å². The highest BCUT2D eigenvalue weighted by Crippen LogP contribution is 2.22. The summed E-state index contributed by atoms with van der Waals surface area (Å²) in [5.74, 6) is -0.765. The Hall–Kier alpha value is -2.92. The third-order valence-electron chi connectivity index (χ3n) is 3.60. The predicted molar refractivity (Wildman–Crippen MR) is 98.1 cm³/mol. The Kier molecular flexibility index (Phi) is 4.95. The van der Waals surface area contributed by atoms with Crippen LogP contribution in [0.3, 0.4) is 0 Å². The number of benzene rings is 2. The van der Waals surface area contributed by atoms with Crippen LogP contribution in [0.25, 0.3) is 0 Å². The van der Waals surface area contributed by atoms with Gasteiger partial charge in [-0.05, 0) is 48.9 Å². The van der Waals surface area contributed by atoms with Gasteiger partial charge in [-0.25, -0.2) is 9.37 Å². The number of nitrogens with zero attached hydrogens (tertiary/aromatic N) is 1. The average Bonchev–Trinajstić information content (AvgIpc) is 2.61. The molecule has 0 aliphatic rings. The van der Waals surface area contributed by atoms with Crippen molar-refractivity contribution < 1.29 is 9.18 Å². The number of carbonyl (C=O) groups excluding carboxylic acids is 1. The van der Waals surface area contributed by atoms with E-state index in [-0.39, 0.29) is 10.9 Å². The van der Waals surface area contributed by atoms with Crippen LogP contribution in [0, 0.1) is 12.7 Å². The van der Waals surface area contributed by atoms with Crippen molar-refractivity contribution in [3.8, 4) is 0 Å². The lowest BCUT2D eigenvalue weighted by molar-refractivity contribution is 0.102. The van der Waals surface area contributed by atoms with Gasteiger partial charge in [-0.1, -0.05) is 29.8 Å². The predicted octanol–water partition coefficient (Wildman–Crippen LogP) is 5.18. The normalized spacial score (nSPS) is 10.4. The third-order valence-corrected chi connectivity index (χ3v) is 3.89. The first kappa shape index (κ1) is 16.9. The zero-order chi connectivity index (χ0) is 17.8. The summed E-state index contributed by atoms with van der Waals surface area (Å²) in [6, 6.07) is 15.2. The van der Waals surface area contributed by atoms with Crippen LogP contribution in [0.5, 0.6) is 0 Å². The Bertz CT molecular complexity index is 913. The number of amides is 1. The molecule has 0 unspecified atom stereocenters. The Morgan fingerprint density at radius 1 is 1.08 bits per heavy atom. The first-order chi connectivity index (χ1) is 12.0. The summed E-state index contributed by atoms with van der Waals surface area (Å²) >= 11 is 5.75. The van der Waals surface area contributed by atoms with E-state index >= 15 is 0 Å². The lowest BCUT2D eigenvalue weighted by Crippen LogP contribution is -2.14. The molecule has 6 heteroatoms. The van der Waals surface area contributed by atoms with E-state index in [9.17, 15) is 9.18 Å². The summed E-state index contributed by atoms with van der Waals surface area (Å²) in [7, 11) is 0. The van der Waals surface area contributed by atoms with Crippen LogP contribution in [0.15, 0.2) is 60.8 Å². The van der Waals surface area contributed by atoms with E-state index in [4.69, 9.17) is 11.6 Å². The van der Waals surface area contributed by atoms with Gasteiger partial charge in [0.15, 0.2) is 0 Å². The van der Waals surface area contributed by atoms with Crippen LogP contribution >= 0.6 is 11.6 Å². The number of carbonyl (C=O) groups is 1. The average molecular weight is 356 g/mol. The van der Waals surface area contributed by atoms with Gasteiger partial charge in [0.25, 0.3) is 5.91 Å². The fourth-order valence-corrected chi connectivity index (χ4v) is 2.42. The van der Waals surface area contributed by atoms with Crippen LogP contribution in [0.1, 0.15) is 16.1 Å². The van der Waals surface area contributed by atoms with Crippen LogP contribution in [-0.4, -0.2) is 10.9 Å². The standard InChI is InChI=1S/C19H15ClFN3O/c1-12-4-2-3-5-17(12)24-19(25)18-9-7-14(11-22-18)23-13-6-8-16(21)15(20)10-13/h2-11,23H,1H3,(H,24,25). The molecular weight excluding hydrogens is 341 g/mol. The first-order valence-electron chi connectivity index (χ1n) is 7.58. The van der Waals surface area contributed by atoms with Gasteiger partial charge in [0.2, 0.25) is 0 Å². The molecule has 0 atom stereocenters. The van der Waals surface area contributed by atoms with E-state index in [0.717, 1.165) is 11.3 Å². The van der Waals surface area contributed by atoms with Crippen molar-refractivity contribution in [2.45, 2.75) is 6.92 Å². The highest BCUT2D eigenvalue weighted by atomic mass is 35.5. The number of aryl methyl sites for hydroxylation is 1. The lowest BCUT2D eigenvalue weighted by atomic mass is 10.2. The molecule has 0 aliphatic heterocycles. The van der Waals surface area contributed by atoms with Gasteiger partial charge >= 0.3 is 0 Å². The van der Waals surface area contributed by atoms with Gasteiger partial charge in [0.1, 0.15) is 11.5 Å². The first-order valence-corrected chi connectivity index (χ1v) is 7.96. The Balaban J connectivity index is 1.70. The molecule has 2 aromatic carbocycles. The molecule has 3 rings (SSSR count). The van der Waals surface area contributed by atoms with Crippen molar-refractivity contribution in [2.24, 2.45) is 0 Å². The number of nitrogens with one attached hydrogen (secondary N) is 2. The molecule has 0 saturated heterocycles. The van der Waals surface area contributed by atoms with Gasteiger partial charge in [-0.15, -0.1) is 0 Å². The highest BCUT2D eigenvalue weighted by Gasteiger charge is 2.09. The van der Waals surface area contributed by atoms with E-state index in [1.165, 1.54) is 18.3 Å². The second-order valence-electron chi connectivity index (χ2n) is 5.46. The van der Waals surface area contributed by atoms with Gasteiger partial charge in [0.05, 0.1) is 16.9 Å². The van der Waals surface area contributed by atoms with E-state index in [1.807, 2.05) is 31.2 Å². The molecule has 0 radical (unpaired) electrons. The maximum Gasteiger partial charge on any atom is 0.274 e. The zero-order valence-corrected chi connectivity index (χ0v) is 14.1. The molecule has 1 amide bonds. The molecular formula is C19H15ClFN3O. The molecule has 3 aromatic rings. The second kappa shape index (κ2) is 7.32. The zero-order valence-electron chi connectivity index (χ0n) is 13.4. The van der Waals surface area contributed by atoms with Gasteiger partial charge in [0, 0.05) is 11.4 Å². The molecule has 0 bridgehead atoms. The molecule has 126 valence electrons. The van der Waals surface area contributed by atoms with Crippen molar-refractivity contribution >= 4 is 34.6 Å². The number of hydrogen-bond donors (Lipinski definition) is 2. The minimum absolute atomic E-state index is 0.0344. The van der Waals surface area contributed by atoms with E-state index < -0.39 is 5.82 Å². The maximum atomic E-state index is 13.2. The van der Waals surface area contributed by atoms with Crippen LogP contribution in [0.4, 0.5) is 21.5 Å². The van der Waals surface area contributed by atoms with Crippen molar-refractivity contribution in [3.05, 3.63) is 82.9 Å². The minimum atomic E-state index is -0.478. The SMILES string of the molecule is Cc1ccccc1NC(=O)c1ccc(Nc2ccc(F)c(Cl)c2)cn1. The fourth-order valence-electron chi connectivity index (χ4n) is 2.24. The monoisotopic (exact) mass is 355 g/mol. The summed E-state index contributed by atoms with van der Waals surface area (Å²) in [6.45, 7) is 1.92. The summed E-state index contributed by atoms with van der Waals surface area (Å²) < 4.78 is 13.2. The van der Waals surface area contributed by atoms with Gasteiger partial charge < -0.3 is 10.6 Å². The third kappa shape index (κ3) is 4.14. The molecule has 0 spiro atoms. The lowest BCUT2D eigenvalue weighted by Gasteiger charge is -2.09. The number of pyridine rings is 1. The van der Waals surface area contributed by atoms with E-state index in [1.54, 1.807) is 18.2 Å². The number of anilines is 3. The topological polar surface area (TPSA) is 54.0 Å². The molecule has 1 aromatic heterocycles. The molecule has 1 heterocycles. The molecule has 25 heavy (non-hydrogen) atoms. The molecule has 4 nitrogen and oxygen atoms in total. The molecule has 0 fully saturated rings. The van der Waals surface area contributed by atoms with Crippen molar-refractivity contribution in [1.29, 1.82) is 0 Å². The Morgan fingerprint density at radius 3 is 2.52 bits per heavy atom. The van der Waals surface area contributed by atoms with Gasteiger partial charge in [-0.3, -0.25) is 4.79 Å². The smallest absolute Gasteiger partial charge is 0.274 e. The fraction of sp³-hybridized carbons (Fsp3) is 0.0526. The highest BCUT2D eigenvalue weighted by molar-refractivity contribution is 6.31. The van der Waals surface area contributed by atoms with Crippen molar-refractivity contribution in [2.75, 3.05) is 10.6 Å². The summed E-state index contributed by atoms with van der Waals surface area (Å²) in [6.07, 6.45) is 1.53. The van der Waals surface area contributed by atoms with Crippen LogP contribution in [0.2, 0.25) is 5.02 Å². The number of aromatic nitrogens is 1. The summed E-state index contributed by atoms with van der Waals surface area (Å²) in [4.78, 5) is 16.4. The number of hydrogen-bond acceptors (Lipinski definition) is 3. The molecule has 2 N–H and O–H groups in total. The van der Waals surface area contributed by atoms with Crippen molar-refractivity contribution in [1.82, 2.24) is 4.98 Å². The molecule has 0 aliphatic carbocycles. The molecule has 0 saturated carbocycles. The minimum Gasteiger partial charge on any atom is -0.354 e. The van der Waals surface area contributed by atoms with Gasteiger partial charge in [-0.2, -0.15) is 0 Å². The van der Waals surface area contributed by atoms with Crippen LogP contribution < -0.4 is 10.6 Å². The Morgan fingerprint density at radius 2 is 1.84 bits per heavy atom. The quantitative estimate of drug-likeness (QED) is 0.678. The second-order valence-corrected chi connectivity index (χ2v) is 5.86. The maximum absolute atomic E-state index is 13.2. The Labute approximate surface area is 149 Å². The van der Waals surface area contributed by atoms with Crippen molar-refractivity contribution in [3.63, 3.8) is 0 Å². The summed E-state index contributed by atoms with van der Waals surface area (Å²) in [5, 5.41) is 5.91.